The summed E-state index contributed by atoms with van der Waals surface area (Å²) < 4.78 is 42.0. The SMILES string of the molecule is Cc1ccc2c(-c3ccccc3)c3ccccc3c(-c3ccc4c(c3)sc3ccc(-c5c6ccccc6c(-c6ccccc6)c6ccc(C)cc56)c(S(=O)(=O)c5c(-c6c7ccccc7c(-c7ccccc7)c7ccc(C)cc67)ccc6sc7cc(-c8c9ccccc9c(-c9ccccc9)c9ccc(C)cc89)ccc7c56)c34)c2c1. The van der Waals surface area contributed by atoms with Crippen LogP contribution in [0, 0.1) is 27.7 Å². The third-order valence-corrected chi connectivity index (χ3v) is 28.0. The van der Waals surface area contributed by atoms with Gasteiger partial charge in [0.15, 0.2) is 0 Å². The van der Waals surface area contributed by atoms with Gasteiger partial charge in [-0.05, 0) is 216 Å². The summed E-state index contributed by atoms with van der Waals surface area (Å²) in [7, 11) is -4.79. The Morgan fingerprint density at radius 2 is 0.416 bits per heavy atom. The molecule has 2 aromatic heterocycles. The lowest BCUT2D eigenvalue weighted by Crippen LogP contribution is -2.08. The molecule has 22 aromatic rings. The van der Waals surface area contributed by atoms with Crippen molar-refractivity contribution in [2.24, 2.45) is 0 Å². The lowest BCUT2D eigenvalue weighted by Gasteiger charge is -2.23. The molecule has 0 radical (unpaired) electrons. The van der Waals surface area contributed by atoms with Gasteiger partial charge in [0.2, 0.25) is 9.84 Å². The lowest BCUT2D eigenvalue weighted by molar-refractivity contribution is 0.598. The summed E-state index contributed by atoms with van der Waals surface area (Å²) in [5.41, 5.74) is 21.1. The summed E-state index contributed by atoms with van der Waals surface area (Å²) >= 11 is 3.35. The van der Waals surface area contributed by atoms with Gasteiger partial charge in [0.1, 0.15) is 0 Å². The molecule has 0 saturated heterocycles. The van der Waals surface area contributed by atoms with E-state index in [0.717, 1.165) is 150 Å². The number of sulfone groups is 1. The molecule has 0 amide bonds. The molecule has 2 heterocycles. The summed E-state index contributed by atoms with van der Waals surface area (Å²) in [5, 5.41) is 20.6. The number of rotatable bonds is 10. The molecule has 113 heavy (non-hydrogen) atoms. The molecule has 22 rings (SSSR count). The van der Waals surface area contributed by atoms with Gasteiger partial charge in [-0.3, -0.25) is 0 Å². The maximum absolute atomic E-state index is 19.1. The average molecular weight is 1500 g/mol. The van der Waals surface area contributed by atoms with E-state index in [-0.39, 0.29) is 9.79 Å². The van der Waals surface area contributed by atoms with Gasteiger partial charge < -0.3 is 0 Å². The van der Waals surface area contributed by atoms with Crippen LogP contribution in [0.25, 0.3) is 216 Å². The highest BCUT2D eigenvalue weighted by Gasteiger charge is 2.36. The minimum absolute atomic E-state index is 0.287. The predicted octanol–water partition coefficient (Wildman–Crippen LogP) is 31.1. The van der Waals surface area contributed by atoms with Crippen LogP contribution in [0.3, 0.4) is 0 Å². The number of thiophene rings is 2. The van der Waals surface area contributed by atoms with Crippen molar-refractivity contribution in [3.63, 3.8) is 0 Å². The van der Waals surface area contributed by atoms with Gasteiger partial charge in [0.05, 0.1) is 9.79 Å². The number of hydrogen-bond acceptors (Lipinski definition) is 4. The molecule has 0 bridgehead atoms. The van der Waals surface area contributed by atoms with Crippen LogP contribution in [-0.2, 0) is 9.84 Å². The third kappa shape index (κ3) is 10.4. The predicted molar refractivity (Wildman–Crippen MR) is 487 cm³/mol. The Hall–Kier alpha value is -13.1. The Morgan fingerprint density at radius 1 is 0.186 bits per heavy atom. The molecule has 0 saturated carbocycles. The van der Waals surface area contributed by atoms with Gasteiger partial charge in [-0.15, -0.1) is 22.7 Å². The standard InChI is InChI=1S/C108H70O2S3/c1-63-41-47-81-89(57-63)101(75-35-19-17-33-73(75)97(81)67-25-9-5-10-26-67)71-45-51-85-95(61-71)111-93-55-53-87(103-79-39-23-21-37-77(79)99(69-29-13-7-14-30-69)83-49-43-65(3)59-91(83)103)107(105(85)93)113(109,110)108-88(104-80-40-24-22-38-78(80)100(70-31-15-8-16-32-70)84-50-44-66(4)60-92(84)104)54-56-94-106(108)86-52-46-72(62-96(86)112-94)102-76-36-20-18-34-74(76)98(68-27-11-6-12-28-68)82-48-42-64(2)58-90(82)102/h5-62H,1-4H3. The first kappa shape index (κ1) is 66.8. The van der Waals surface area contributed by atoms with Gasteiger partial charge in [-0.25, -0.2) is 8.42 Å². The van der Waals surface area contributed by atoms with E-state index in [1.807, 2.05) is 0 Å². The summed E-state index contributed by atoms with van der Waals surface area (Å²) in [4.78, 5) is 0.575. The van der Waals surface area contributed by atoms with Crippen LogP contribution in [-0.4, -0.2) is 8.42 Å². The summed E-state index contributed by atoms with van der Waals surface area (Å²) in [5.74, 6) is 0. The molecule has 0 N–H and O–H groups in total. The smallest absolute Gasteiger partial charge is 0.209 e. The Kier molecular flexibility index (Phi) is 15.4. The molecule has 0 spiro atoms. The van der Waals surface area contributed by atoms with Crippen molar-refractivity contribution >= 4 is 159 Å². The van der Waals surface area contributed by atoms with Crippen molar-refractivity contribution < 1.29 is 8.42 Å². The van der Waals surface area contributed by atoms with E-state index < -0.39 is 9.84 Å². The minimum atomic E-state index is -4.79. The van der Waals surface area contributed by atoms with Crippen molar-refractivity contribution in [1.82, 2.24) is 0 Å². The molecular formula is C108H70O2S3. The normalized spacial score (nSPS) is 12.1. The van der Waals surface area contributed by atoms with Crippen molar-refractivity contribution in [2.45, 2.75) is 37.5 Å². The van der Waals surface area contributed by atoms with E-state index in [0.29, 0.717) is 21.9 Å². The Balaban J connectivity index is 0.885. The Bertz CT molecular complexity index is 7490. The first-order valence-corrected chi connectivity index (χ1v) is 41.9. The quantitative estimate of drug-likeness (QED) is 0.128. The van der Waals surface area contributed by atoms with Gasteiger partial charge in [0.25, 0.3) is 0 Å². The third-order valence-electron chi connectivity index (χ3n) is 23.8. The second-order valence-electron chi connectivity index (χ2n) is 30.6. The van der Waals surface area contributed by atoms with Crippen LogP contribution in [0.5, 0.6) is 0 Å². The second-order valence-corrected chi connectivity index (χ2v) is 34.6. The monoisotopic (exact) mass is 1490 g/mol. The van der Waals surface area contributed by atoms with Crippen LogP contribution < -0.4 is 0 Å². The van der Waals surface area contributed by atoms with Crippen molar-refractivity contribution in [3.05, 3.63) is 374 Å². The van der Waals surface area contributed by atoms with Gasteiger partial charge in [-0.1, -0.05) is 350 Å². The van der Waals surface area contributed by atoms with Gasteiger partial charge in [0, 0.05) is 51.5 Å². The van der Waals surface area contributed by atoms with E-state index in [2.05, 4.69) is 380 Å². The van der Waals surface area contributed by atoms with Crippen LogP contribution in [0.15, 0.2) is 362 Å². The van der Waals surface area contributed by atoms with E-state index >= 15 is 8.42 Å². The topological polar surface area (TPSA) is 34.1 Å². The summed E-state index contributed by atoms with van der Waals surface area (Å²) in [6, 6.07) is 128. The summed E-state index contributed by atoms with van der Waals surface area (Å²) in [6.07, 6.45) is 0. The van der Waals surface area contributed by atoms with Crippen LogP contribution in [0.2, 0.25) is 0 Å². The highest BCUT2D eigenvalue weighted by molar-refractivity contribution is 7.92. The Labute approximate surface area is 662 Å². The first-order chi connectivity index (χ1) is 55.5. The van der Waals surface area contributed by atoms with Crippen molar-refractivity contribution in [3.8, 4) is 89.0 Å². The number of benzene rings is 20. The zero-order chi connectivity index (χ0) is 75.5. The second kappa shape index (κ2) is 26.0. The van der Waals surface area contributed by atoms with Crippen molar-refractivity contribution in [1.29, 1.82) is 0 Å². The zero-order valence-corrected chi connectivity index (χ0v) is 65.0. The van der Waals surface area contributed by atoms with E-state index in [4.69, 9.17) is 0 Å². The molecular weight excluding hydrogens is 1430 g/mol. The average Bonchev–Trinajstić information content (AvgIpc) is 1.65. The largest absolute Gasteiger partial charge is 0.218 e. The highest BCUT2D eigenvalue weighted by atomic mass is 32.2. The molecule has 20 aromatic carbocycles. The highest BCUT2D eigenvalue weighted by Crippen LogP contribution is 2.57. The lowest BCUT2D eigenvalue weighted by atomic mass is 9.85. The van der Waals surface area contributed by atoms with Crippen LogP contribution in [0.4, 0.5) is 0 Å². The molecule has 0 aliphatic heterocycles. The Morgan fingerprint density at radius 3 is 0.699 bits per heavy atom. The molecule has 5 heteroatoms. The minimum Gasteiger partial charge on any atom is -0.218 e. The number of hydrogen-bond donors (Lipinski definition) is 0. The molecule has 0 aliphatic rings. The molecule has 0 aliphatic carbocycles. The van der Waals surface area contributed by atoms with E-state index in [1.165, 1.54) is 65.7 Å². The van der Waals surface area contributed by atoms with Gasteiger partial charge in [-0.2, -0.15) is 0 Å². The van der Waals surface area contributed by atoms with Crippen LogP contribution in [0.1, 0.15) is 22.3 Å². The van der Waals surface area contributed by atoms with E-state index in [1.54, 1.807) is 22.7 Å². The molecule has 2 nitrogen and oxygen atoms in total. The number of aryl methyl sites for hydroxylation is 4. The fourth-order valence-corrected chi connectivity index (χ4v) is 23.6. The molecule has 0 atom stereocenters. The maximum atomic E-state index is 19.1. The number of fused-ring (bicyclic) bond motifs is 14. The fourth-order valence-electron chi connectivity index (χ4n) is 19.1. The zero-order valence-electron chi connectivity index (χ0n) is 62.5. The van der Waals surface area contributed by atoms with E-state index in [9.17, 15) is 0 Å². The molecule has 532 valence electrons. The first-order valence-electron chi connectivity index (χ1n) is 38.8. The fraction of sp³-hybridized carbons (Fsp3) is 0.0370. The summed E-state index contributed by atoms with van der Waals surface area (Å²) in [6.45, 7) is 8.67. The van der Waals surface area contributed by atoms with Crippen LogP contribution >= 0.6 is 22.7 Å². The van der Waals surface area contributed by atoms with Gasteiger partial charge >= 0.3 is 0 Å². The van der Waals surface area contributed by atoms with Crippen molar-refractivity contribution in [2.75, 3.05) is 0 Å². The maximum Gasteiger partial charge on any atom is 0.209 e. The molecule has 0 fully saturated rings. The molecule has 0 unspecified atom stereocenters.